The van der Waals surface area contributed by atoms with Gasteiger partial charge in [0.05, 0.1) is 0 Å². The number of alkyl halides is 12. The van der Waals surface area contributed by atoms with Crippen LogP contribution in [0.4, 0.5) is 57.1 Å². The van der Waals surface area contributed by atoms with Gasteiger partial charge in [-0.1, -0.05) is 0 Å². The molecule has 2 unspecified atom stereocenters. The van der Waals surface area contributed by atoms with Crippen LogP contribution in [0.2, 0.25) is 0 Å². The normalized spacial score (nSPS) is 19.1. The van der Waals surface area contributed by atoms with E-state index < -0.39 is 42.1 Å². The highest BCUT2D eigenvalue weighted by Gasteiger charge is 2.86. The maximum Gasteiger partial charge on any atom is 0.435 e. The summed E-state index contributed by atoms with van der Waals surface area (Å²) in [5.74, 6) is 0. The molecule has 0 heterocycles. The van der Waals surface area contributed by atoms with Crippen molar-refractivity contribution in [3.63, 3.8) is 0 Å². The summed E-state index contributed by atoms with van der Waals surface area (Å²) in [7, 11) is 0. The van der Waals surface area contributed by atoms with Crippen molar-refractivity contribution < 1.29 is 61.9 Å². The van der Waals surface area contributed by atoms with E-state index in [2.05, 4.69) is 0 Å². The Morgan fingerprint density at radius 2 is 0.952 bits per heavy atom. The molecule has 0 saturated carbocycles. The van der Waals surface area contributed by atoms with Crippen molar-refractivity contribution >= 4 is 6.04 Å². The molecule has 2 atom stereocenters. The Labute approximate surface area is 105 Å². The molecule has 0 aromatic carbocycles. The van der Waals surface area contributed by atoms with Gasteiger partial charge in [0.2, 0.25) is 6.17 Å². The van der Waals surface area contributed by atoms with Crippen molar-refractivity contribution in [2.45, 2.75) is 36.0 Å². The van der Waals surface area contributed by atoms with Crippen LogP contribution in [0, 0.1) is 0 Å². The van der Waals surface area contributed by atoms with Crippen molar-refractivity contribution in [3.05, 3.63) is 0 Å². The second kappa shape index (κ2) is 4.90. The van der Waals surface area contributed by atoms with Crippen LogP contribution < -0.4 is 0 Å². The molecule has 0 fully saturated rings. The fourth-order valence-electron chi connectivity index (χ4n) is 1.08. The Bertz CT molecular complexity index is 388. The molecule has 21 heavy (non-hydrogen) atoms. The standard InChI is InChI=1S/C7HF13O/c8-1(3(10,2(9)21)5(12,13)14)4(11,6(15,16)17)7(18,19)20/h1H. The van der Waals surface area contributed by atoms with Gasteiger partial charge in [-0.15, -0.1) is 0 Å². The van der Waals surface area contributed by atoms with Crippen molar-refractivity contribution in [2.75, 3.05) is 0 Å². The average Bonchev–Trinajstić information content (AvgIpc) is 2.20. The van der Waals surface area contributed by atoms with Crippen LogP contribution in [-0.2, 0) is 4.79 Å². The fraction of sp³-hybridized carbons (Fsp3) is 0.857. The van der Waals surface area contributed by atoms with Crippen molar-refractivity contribution in [3.8, 4) is 0 Å². The zero-order valence-electron chi connectivity index (χ0n) is 8.90. The third-order valence-corrected chi connectivity index (χ3v) is 2.22. The van der Waals surface area contributed by atoms with Gasteiger partial charge < -0.3 is 0 Å². The maximum atomic E-state index is 12.9. The van der Waals surface area contributed by atoms with Crippen LogP contribution in [0.25, 0.3) is 0 Å². The Morgan fingerprint density at radius 3 is 1.10 bits per heavy atom. The first-order valence-electron chi connectivity index (χ1n) is 4.27. The summed E-state index contributed by atoms with van der Waals surface area (Å²) >= 11 is 0. The van der Waals surface area contributed by atoms with Gasteiger partial charge >= 0.3 is 35.9 Å². The minimum absolute atomic E-state index is 4.60. The molecule has 0 aromatic heterocycles. The van der Waals surface area contributed by atoms with Crippen LogP contribution in [0.5, 0.6) is 0 Å². The van der Waals surface area contributed by atoms with Crippen LogP contribution >= 0.6 is 0 Å². The van der Waals surface area contributed by atoms with Gasteiger partial charge in [-0.2, -0.15) is 43.9 Å². The van der Waals surface area contributed by atoms with E-state index in [0.717, 1.165) is 0 Å². The highest BCUT2D eigenvalue weighted by Crippen LogP contribution is 2.55. The first kappa shape index (κ1) is 19.8. The molecule has 126 valence electrons. The summed E-state index contributed by atoms with van der Waals surface area (Å²) in [6, 6.07) is -4.60. The van der Waals surface area contributed by atoms with Gasteiger partial charge in [0, 0.05) is 0 Å². The largest absolute Gasteiger partial charge is 0.435 e. The second-order valence-corrected chi connectivity index (χ2v) is 3.55. The molecule has 0 radical (unpaired) electrons. The van der Waals surface area contributed by atoms with E-state index in [4.69, 9.17) is 0 Å². The Kier molecular flexibility index (Phi) is 4.61. The Hall–Kier alpha value is -1.24. The van der Waals surface area contributed by atoms with Crippen molar-refractivity contribution in [2.24, 2.45) is 0 Å². The Balaban J connectivity index is 6.39. The van der Waals surface area contributed by atoms with E-state index in [9.17, 15) is 61.9 Å². The summed E-state index contributed by atoms with van der Waals surface area (Å²) in [5.41, 5.74) is -14.5. The van der Waals surface area contributed by atoms with E-state index in [0.29, 0.717) is 0 Å². The smallest absolute Gasteiger partial charge is 0.257 e. The van der Waals surface area contributed by atoms with Crippen LogP contribution in [0.15, 0.2) is 0 Å². The van der Waals surface area contributed by atoms with E-state index in [-0.39, 0.29) is 0 Å². The number of halogens is 13. The SMILES string of the molecule is O=C(F)C(F)(C(F)C(F)(C(F)(F)F)C(F)(F)F)C(F)(F)F. The molecule has 0 saturated heterocycles. The predicted octanol–water partition coefficient (Wildman–Crippen LogP) is 3.92. The molecule has 0 aliphatic heterocycles. The molecule has 0 aliphatic rings. The Morgan fingerprint density at radius 1 is 0.667 bits per heavy atom. The first-order valence-corrected chi connectivity index (χ1v) is 4.27. The number of carbonyl (C=O) groups excluding carboxylic acids is 1. The van der Waals surface area contributed by atoms with Gasteiger partial charge in [0.25, 0.3) is 0 Å². The predicted molar refractivity (Wildman–Crippen MR) is 36.9 cm³/mol. The third-order valence-electron chi connectivity index (χ3n) is 2.22. The minimum atomic E-state index is -7.47. The third kappa shape index (κ3) is 2.75. The summed E-state index contributed by atoms with van der Waals surface area (Å²) in [6.45, 7) is 0. The lowest BCUT2D eigenvalue weighted by Gasteiger charge is -2.37. The molecule has 0 rings (SSSR count). The number of rotatable bonds is 3. The molecule has 0 bridgehead atoms. The summed E-state index contributed by atoms with van der Waals surface area (Å²) in [6.07, 6.45) is -28.4. The lowest BCUT2D eigenvalue weighted by Crippen LogP contribution is -2.69. The zero-order chi connectivity index (χ0) is 17.7. The number of hydrogen-bond acceptors (Lipinski definition) is 1. The van der Waals surface area contributed by atoms with E-state index in [1.54, 1.807) is 0 Å². The second-order valence-electron chi connectivity index (χ2n) is 3.55. The molecular formula is C7HF13O. The zero-order valence-corrected chi connectivity index (χ0v) is 8.90. The molecule has 0 spiro atoms. The maximum absolute atomic E-state index is 12.9. The summed E-state index contributed by atoms with van der Waals surface area (Å²) in [5, 5.41) is 0. The molecule has 0 N–H and O–H groups in total. The van der Waals surface area contributed by atoms with E-state index in [1.165, 1.54) is 0 Å². The molecule has 14 heteroatoms. The van der Waals surface area contributed by atoms with Crippen LogP contribution in [0.1, 0.15) is 0 Å². The average molecular weight is 348 g/mol. The summed E-state index contributed by atoms with van der Waals surface area (Å²) < 4.78 is 158. The van der Waals surface area contributed by atoms with Gasteiger partial charge in [0.1, 0.15) is 0 Å². The van der Waals surface area contributed by atoms with Gasteiger partial charge in [-0.05, 0) is 0 Å². The molecule has 0 aliphatic carbocycles. The molecule has 1 nitrogen and oxygen atoms in total. The first-order chi connectivity index (χ1) is 8.85. The van der Waals surface area contributed by atoms with Gasteiger partial charge in [-0.3, -0.25) is 4.79 Å². The monoisotopic (exact) mass is 348 g/mol. The van der Waals surface area contributed by atoms with E-state index in [1.807, 2.05) is 0 Å². The minimum Gasteiger partial charge on any atom is -0.257 e. The molecular weight excluding hydrogens is 347 g/mol. The number of carbonyl (C=O) groups is 1. The highest BCUT2D eigenvalue weighted by atomic mass is 19.4. The quantitative estimate of drug-likeness (QED) is 0.558. The van der Waals surface area contributed by atoms with Crippen molar-refractivity contribution in [1.82, 2.24) is 0 Å². The van der Waals surface area contributed by atoms with Gasteiger partial charge in [0.15, 0.2) is 0 Å². The van der Waals surface area contributed by atoms with Gasteiger partial charge in [-0.25, -0.2) is 13.2 Å². The van der Waals surface area contributed by atoms with Crippen molar-refractivity contribution in [1.29, 1.82) is 0 Å². The van der Waals surface area contributed by atoms with Crippen LogP contribution in [0.3, 0.4) is 0 Å². The fourth-order valence-corrected chi connectivity index (χ4v) is 1.08. The molecule has 0 amide bonds. The highest BCUT2D eigenvalue weighted by molar-refractivity contribution is 5.80. The lowest BCUT2D eigenvalue weighted by atomic mass is 9.85. The topological polar surface area (TPSA) is 17.1 Å². The summed E-state index contributed by atoms with van der Waals surface area (Å²) in [4.78, 5) is 9.75. The van der Waals surface area contributed by atoms with E-state index >= 15 is 0 Å². The molecule has 0 aromatic rings. The lowest BCUT2D eigenvalue weighted by molar-refractivity contribution is -0.378. The number of hydrogen-bond donors (Lipinski definition) is 0. The van der Waals surface area contributed by atoms with Crippen LogP contribution in [-0.4, -0.2) is 42.1 Å².